The molecule has 0 aliphatic carbocycles. The van der Waals surface area contributed by atoms with Crippen LogP contribution in [0, 0.1) is 0 Å². The minimum atomic E-state index is -0.108. The Hall–Kier alpha value is -0.650. The number of unbranched alkanes of at least 4 members (excludes halogenated alkanes) is 8. The molecule has 1 aliphatic rings. The van der Waals surface area contributed by atoms with E-state index in [-0.39, 0.29) is 12.3 Å². The number of hydrogen-bond donors (Lipinski definition) is 0. The predicted molar refractivity (Wildman–Crippen MR) is 103 cm³/mol. The molecule has 1 saturated heterocycles. The number of carbonyl (C=O) groups excluding carboxylic acids is 1. The van der Waals surface area contributed by atoms with Crippen LogP contribution >= 0.6 is 0 Å². The van der Waals surface area contributed by atoms with Crippen LogP contribution in [0.5, 0.6) is 0 Å². The maximum atomic E-state index is 11.6. The number of carbonyl (C=O) groups is 1. The molecule has 1 heterocycles. The third-order valence-electron chi connectivity index (χ3n) is 4.64. The van der Waals surface area contributed by atoms with E-state index in [0.29, 0.717) is 32.8 Å². The first-order valence-electron chi connectivity index (χ1n) is 10.8. The quantitative estimate of drug-likeness (QED) is 0.265. The smallest absolute Gasteiger partial charge is 0.305 e. The molecule has 154 valence electrons. The molecule has 1 fully saturated rings. The van der Waals surface area contributed by atoms with Crippen LogP contribution in [0.3, 0.4) is 0 Å². The van der Waals surface area contributed by atoms with Gasteiger partial charge in [0.15, 0.2) is 6.29 Å². The molecule has 0 radical (unpaired) electrons. The van der Waals surface area contributed by atoms with E-state index in [0.717, 1.165) is 32.3 Å². The minimum Gasteiger partial charge on any atom is -0.463 e. The Morgan fingerprint density at radius 1 is 0.885 bits per heavy atom. The maximum absolute atomic E-state index is 11.6. The number of rotatable bonds is 17. The monoisotopic (exact) mass is 372 g/mol. The van der Waals surface area contributed by atoms with Gasteiger partial charge >= 0.3 is 5.97 Å². The molecular formula is C21H40O5. The van der Waals surface area contributed by atoms with Gasteiger partial charge in [-0.2, -0.15) is 0 Å². The zero-order valence-corrected chi connectivity index (χ0v) is 16.8. The van der Waals surface area contributed by atoms with Gasteiger partial charge in [-0.25, -0.2) is 0 Å². The lowest BCUT2D eigenvalue weighted by Crippen LogP contribution is -2.24. The fourth-order valence-corrected chi connectivity index (χ4v) is 3.05. The van der Waals surface area contributed by atoms with Crippen LogP contribution in [0.15, 0.2) is 0 Å². The van der Waals surface area contributed by atoms with Gasteiger partial charge < -0.3 is 18.9 Å². The molecule has 5 nitrogen and oxygen atoms in total. The van der Waals surface area contributed by atoms with Crippen molar-refractivity contribution >= 4 is 5.97 Å². The van der Waals surface area contributed by atoms with Crippen LogP contribution in [0.4, 0.5) is 0 Å². The Bertz CT molecular complexity index is 316. The van der Waals surface area contributed by atoms with Crippen LogP contribution in [-0.4, -0.2) is 45.3 Å². The molecule has 5 heteroatoms. The molecule has 26 heavy (non-hydrogen) atoms. The summed E-state index contributed by atoms with van der Waals surface area (Å²) >= 11 is 0. The lowest BCUT2D eigenvalue weighted by Gasteiger charge is -2.22. The molecule has 1 rings (SSSR count). The first-order chi connectivity index (χ1) is 12.8. The molecule has 0 aromatic rings. The number of hydrogen-bond acceptors (Lipinski definition) is 5. The summed E-state index contributed by atoms with van der Waals surface area (Å²) in [5.41, 5.74) is 0. The summed E-state index contributed by atoms with van der Waals surface area (Å²) in [6, 6.07) is 0. The Kier molecular flexibility index (Phi) is 16.0. The standard InChI is InChI=1S/C21H40O5/c1-2-3-4-5-6-7-8-9-10-13-20(22)24-18-16-23-17-19-26-21-14-11-12-15-25-21/h21H,2-19H2,1H3. The zero-order chi connectivity index (χ0) is 18.7. The molecule has 0 N–H and O–H groups in total. The first kappa shape index (κ1) is 23.4. The van der Waals surface area contributed by atoms with E-state index < -0.39 is 0 Å². The maximum Gasteiger partial charge on any atom is 0.305 e. The van der Waals surface area contributed by atoms with Crippen molar-refractivity contribution in [2.75, 3.05) is 33.0 Å². The first-order valence-corrected chi connectivity index (χ1v) is 10.8. The molecule has 1 unspecified atom stereocenters. The van der Waals surface area contributed by atoms with Crippen LogP contribution in [0.1, 0.15) is 90.4 Å². The molecule has 0 aromatic carbocycles. The highest BCUT2D eigenvalue weighted by molar-refractivity contribution is 5.69. The van der Waals surface area contributed by atoms with Gasteiger partial charge in [-0.05, 0) is 25.7 Å². The molecule has 1 atom stereocenters. The van der Waals surface area contributed by atoms with Crippen molar-refractivity contribution in [2.45, 2.75) is 96.7 Å². The van der Waals surface area contributed by atoms with Crippen LogP contribution < -0.4 is 0 Å². The summed E-state index contributed by atoms with van der Waals surface area (Å²) in [5.74, 6) is -0.108. The average molecular weight is 373 g/mol. The van der Waals surface area contributed by atoms with E-state index in [4.69, 9.17) is 18.9 Å². The minimum absolute atomic E-state index is 0.0680. The highest BCUT2D eigenvalue weighted by atomic mass is 16.7. The lowest BCUT2D eigenvalue weighted by atomic mass is 10.1. The van der Waals surface area contributed by atoms with Crippen molar-refractivity contribution in [3.05, 3.63) is 0 Å². The molecule has 0 bridgehead atoms. The fraction of sp³-hybridized carbons (Fsp3) is 0.952. The van der Waals surface area contributed by atoms with Crippen molar-refractivity contribution in [1.29, 1.82) is 0 Å². The van der Waals surface area contributed by atoms with Gasteiger partial charge in [-0.3, -0.25) is 4.79 Å². The van der Waals surface area contributed by atoms with E-state index in [2.05, 4.69) is 6.92 Å². The van der Waals surface area contributed by atoms with Crippen molar-refractivity contribution in [2.24, 2.45) is 0 Å². The van der Waals surface area contributed by atoms with Gasteiger partial charge in [0, 0.05) is 13.0 Å². The van der Waals surface area contributed by atoms with Crippen molar-refractivity contribution < 1.29 is 23.7 Å². The third kappa shape index (κ3) is 14.5. The van der Waals surface area contributed by atoms with Gasteiger partial charge in [-0.1, -0.05) is 58.3 Å². The van der Waals surface area contributed by atoms with Crippen LogP contribution in [0.25, 0.3) is 0 Å². The van der Waals surface area contributed by atoms with Gasteiger partial charge in [0.2, 0.25) is 0 Å². The second-order valence-corrected chi connectivity index (χ2v) is 7.08. The van der Waals surface area contributed by atoms with E-state index in [1.165, 1.54) is 51.4 Å². The molecule has 0 spiro atoms. The van der Waals surface area contributed by atoms with Gasteiger partial charge in [0.25, 0.3) is 0 Å². The fourth-order valence-electron chi connectivity index (χ4n) is 3.05. The second kappa shape index (κ2) is 17.7. The lowest BCUT2D eigenvalue weighted by molar-refractivity contribution is -0.169. The normalized spacial score (nSPS) is 17.3. The second-order valence-electron chi connectivity index (χ2n) is 7.08. The Labute approximate surface area is 160 Å². The van der Waals surface area contributed by atoms with Crippen LogP contribution in [-0.2, 0) is 23.7 Å². The van der Waals surface area contributed by atoms with E-state index in [9.17, 15) is 4.79 Å². The van der Waals surface area contributed by atoms with Crippen LogP contribution in [0.2, 0.25) is 0 Å². The summed E-state index contributed by atoms with van der Waals surface area (Å²) in [4.78, 5) is 11.6. The Balaban J connectivity index is 1.75. The topological polar surface area (TPSA) is 54.0 Å². The van der Waals surface area contributed by atoms with Crippen molar-refractivity contribution in [1.82, 2.24) is 0 Å². The molecule has 1 aliphatic heterocycles. The van der Waals surface area contributed by atoms with E-state index in [1.54, 1.807) is 0 Å². The van der Waals surface area contributed by atoms with Crippen molar-refractivity contribution in [3.63, 3.8) is 0 Å². The molecule has 0 aromatic heterocycles. The summed E-state index contributed by atoms with van der Waals surface area (Å²) in [6.45, 7) is 4.83. The third-order valence-corrected chi connectivity index (χ3v) is 4.64. The SMILES string of the molecule is CCCCCCCCCCCC(=O)OCCOCCOC1CCCCO1. The summed E-state index contributed by atoms with van der Waals surface area (Å²) < 4.78 is 21.6. The van der Waals surface area contributed by atoms with E-state index >= 15 is 0 Å². The predicted octanol–water partition coefficient (Wildman–Crippen LogP) is 5.01. The van der Waals surface area contributed by atoms with Crippen molar-refractivity contribution in [3.8, 4) is 0 Å². The summed E-state index contributed by atoms with van der Waals surface area (Å²) in [5, 5.41) is 0. The summed E-state index contributed by atoms with van der Waals surface area (Å²) in [7, 11) is 0. The molecular weight excluding hydrogens is 332 g/mol. The number of esters is 1. The van der Waals surface area contributed by atoms with Gasteiger partial charge in [0.1, 0.15) is 6.61 Å². The van der Waals surface area contributed by atoms with Gasteiger partial charge in [0.05, 0.1) is 19.8 Å². The highest BCUT2D eigenvalue weighted by Gasteiger charge is 2.13. The van der Waals surface area contributed by atoms with E-state index in [1.807, 2.05) is 0 Å². The Morgan fingerprint density at radius 3 is 2.27 bits per heavy atom. The zero-order valence-electron chi connectivity index (χ0n) is 16.8. The summed E-state index contributed by atoms with van der Waals surface area (Å²) in [6.07, 6.45) is 15.0. The largest absolute Gasteiger partial charge is 0.463 e. The molecule has 0 amide bonds. The number of ether oxygens (including phenoxy) is 4. The Morgan fingerprint density at radius 2 is 1.58 bits per heavy atom. The van der Waals surface area contributed by atoms with Gasteiger partial charge in [-0.15, -0.1) is 0 Å². The molecule has 0 saturated carbocycles. The highest BCUT2D eigenvalue weighted by Crippen LogP contribution is 2.13. The average Bonchev–Trinajstić information content (AvgIpc) is 2.67.